The van der Waals surface area contributed by atoms with Crippen molar-refractivity contribution in [3.63, 3.8) is 0 Å². The molecule has 0 saturated heterocycles. The maximum atomic E-state index is 14.4. The highest BCUT2D eigenvalue weighted by atomic mass is 79.9. The maximum absolute atomic E-state index is 14.4. The Labute approximate surface area is 242 Å². The molecule has 1 aliphatic rings. The molecule has 0 aromatic heterocycles. The molecule has 0 radical (unpaired) electrons. The van der Waals surface area contributed by atoms with Crippen molar-refractivity contribution in [2.75, 3.05) is 4.90 Å². The average molecular weight is 589 g/mol. The number of carbonyl (C=O) groups excluding carboxylic acids is 2. The van der Waals surface area contributed by atoms with Crippen LogP contribution in [-0.4, -0.2) is 11.8 Å². The standard InChI is InChI=1S/C36H30BrNO2/c1-35(2,3)19-10-16-27(36(4,5)6)29(18-19)38-33(39)25-13-11-22-20-8-7-9-24-28(37)17-15-21(30(20)24)23-12-14-26(34(38)40)32(25)31(22)23/h7-18H,1-6H3. The molecule has 0 bridgehead atoms. The molecule has 40 heavy (non-hydrogen) atoms. The first-order valence-electron chi connectivity index (χ1n) is 13.7. The van der Waals surface area contributed by atoms with E-state index in [1.807, 2.05) is 18.2 Å². The van der Waals surface area contributed by atoms with Crippen LogP contribution in [0.5, 0.6) is 0 Å². The molecule has 1 heterocycles. The Morgan fingerprint density at radius 2 is 1.12 bits per heavy atom. The molecule has 0 aliphatic carbocycles. The molecule has 0 N–H and O–H groups in total. The van der Waals surface area contributed by atoms with Gasteiger partial charge in [-0.1, -0.05) is 106 Å². The Bertz CT molecular complexity index is 2000. The van der Waals surface area contributed by atoms with Gasteiger partial charge in [-0.15, -0.1) is 0 Å². The smallest absolute Gasteiger partial charge is 0.265 e. The van der Waals surface area contributed by atoms with Crippen LogP contribution in [0, 0.1) is 0 Å². The maximum Gasteiger partial charge on any atom is 0.265 e. The van der Waals surface area contributed by atoms with E-state index in [1.165, 1.54) is 10.3 Å². The number of hydrogen-bond acceptors (Lipinski definition) is 2. The van der Waals surface area contributed by atoms with Crippen LogP contribution < -0.4 is 4.90 Å². The number of imide groups is 1. The highest BCUT2D eigenvalue weighted by Crippen LogP contribution is 2.46. The molecule has 0 atom stereocenters. The number of carbonyl (C=O) groups is 2. The molecular weight excluding hydrogens is 558 g/mol. The normalized spacial score (nSPS) is 14.4. The topological polar surface area (TPSA) is 37.4 Å². The van der Waals surface area contributed by atoms with Crippen molar-refractivity contribution in [1.82, 2.24) is 0 Å². The molecular formula is C36H30BrNO2. The van der Waals surface area contributed by atoms with Crippen molar-refractivity contribution in [3.8, 4) is 0 Å². The Kier molecular flexibility index (Phi) is 5.13. The number of halogens is 1. The Morgan fingerprint density at radius 3 is 1.73 bits per heavy atom. The first kappa shape index (κ1) is 25.2. The molecule has 0 saturated carbocycles. The van der Waals surface area contributed by atoms with Crippen LogP contribution in [-0.2, 0) is 10.8 Å². The van der Waals surface area contributed by atoms with Gasteiger partial charge in [0.1, 0.15) is 0 Å². The van der Waals surface area contributed by atoms with Gasteiger partial charge in [0, 0.05) is 21.0 Å². The molecule has 2 amide bonds. The molecule has 1 aliphatic heterocycles. The predicted octanol–water partition coefficient (Wildman–Crippen LogP) is 9.90. The summed E-state index contributed by atoms with van der Waals surface area (Å²) in [4.78, 5) is 30.1. The SMILES string of the molecule is CC(C)(C)c1ccc(C(C)(C)C)c(N2C(=O)c3ccc4c5cccc6c(Br)ccc(c7ccc(c3c47)C2=O)c65)c1. The predicted molar refractivity (Wildman–Crippen MR) is 170 cm³/mol. The van der Waals surface area contributed by atoms with E-state index >= 15 is 0 Å². The fraction of sp³-hybridized carbons (Fsp3) is 0.222. The van der Waals surface area contributed by atoms with Crippen LogP contribution in [0.1, 0.15) is 73.4 Å². The highest BCUT2D eigenvalue weighted by molar-refractivity contribution is 9.10. The van der Waals surface area contributed by atoms with Crippen molar-refractivity contribution in [1.29, 1.82) is 0 Å². The van der Waals surface area contributed by atoms with Crippen LogP contribution >= 0.6 is 15.9 Å². The van der Waals surface area contributed by atoms with E-state index in [9.17, 15) is 9.59 Å². The summed E-state index contributed by atoms with van der Waals surface area (Å²) < 4.78 is 1.05. The fourth-order valence-corrected chi connectivity index (χ4v) is 6.95. The van der Waals surface area contributed by atoms with Crippen LogP contribution in [0.3, 0.4) is 0 Å². The third-order valence-electron chi connectivity index (χ3n) is 8.51. The van der Waals surface area contributed by atoms with E-state index in [1.54, 1.807) is 0 Å². The van der Waals surface area contributed by atoms with Crippen LogP contribution in [0.25, 0.3) is 43.1 Å². The largest absolute Gasteiger partial charge is 0.268 e. The number of hydrogen-bond donors (Lipinski definition) is 0. The molecule has 3 nitrogen and oxygen atoms in total. The molecule has 198 valence electrons. The van der Waals surface area contributed by atoms with Gasteiger partial charge in [-0.2, -0.15) is 0 Å². The lowest BCUT2D eigenvalue weighted by molar-refractivity contribution is 0.0893. The van der Waals surface area contributed by atoms with Gasteiger partial charge in [0.15, 0.2) is 0 Å². The zero-order valence-electron chi connectivity index (χ0n) is 23.6. The Balaban J connectivity index is 1.55. The fourth-order valence-electron chi connectivity index (χ4n) is 6.49. The lowest BCUT2D eigenvalue weighted by Crippen LogP contribution is -2.42. The summed E-state index contributed by atoms with van der Waals surface area (Å²) in [7, 11) is 0. The lowest BCUT2D eigenvalue weighted by atomic mass is 9.80. The number of nitrogens with zero attached hydrogens (tertiary/aromatic N) is 1. The molecule has 7 rings (SSSR count). The Morgan fingerprint density at radius 1 is 0.575 bits per heavy atom. The minimum absolute atomic E-state index is 0.130. The van der Waals surface area contributed by atoms with Gasteiger partial charge in [0.25, 0.3) is 11.8 Å². The minimum atomic E-state index is -0.266. The summed E-state index contributed by atoms with van der Waals surface area (Å²) in [6, 6.07) is 24.8. The number of benzene rings is 6. The van der Waals surface area contributed by atoms with Crippen molar-refractivity contribution < 1.29 is 9.59 Å². The minimum Gasteiger partial charge on any atom is -0.268 e. The number of fused-ring (bicyclic) bond motifs is 2. The van der Waals surface area contributed by atoms with Gasteiger partial charge in [-0.05, 0) is 83.9 Å². The number of rotatable bonds is 1. The molecule has 0 fully saturated rings. The van der Waals surface area contributed by atoms with Crippen molar-refractivity contribution in [3.05, 3.63) is 99.5 Å². The second kappa shape index (κ2) is 8.14. The zero-order valence-corrected chi connectivity index (χ0v) is 25.2. The van der Waals surface area contributed by atoms with Crippen molar-refractivity contribution >= 4 is 76.5 Å². The lowest BCUT2D eigenvalue weighted by Gasteiger charge is -2.34. The Hall–Kier alpha value is -3.76. The van der Waals surface area contributed by atoms with E-state index in [2.05, 4.69) is 112 Å². The van der Waals surface area contributed by atoms with E-state index in [-0.39, 0.29) is 22.6 Å². The number of anilines is 1. The summed E-state index contributed by atoms with van der Waals surface area (Å²) in [6.45, 7) is 12.8. The summed E-state index contributed by atoms with van der Waals surface area (Å²) >= 11 is 3.73. The van der Waals surface area contributed by atoms with E-state index < -0.39 is 0 Å². The van der Waals surface area contributed by atoms with Gasteiger partial charge >= 0.3 is 0 Å². The first-order chi connectivity index (χ1) is 18.9. The first-order valence-corrected chi connectivity index (χ1v) is 14.5. The third kappa shape index (κ3) is 3.35. The van der Waals surface area contributed by atoms with Gasteiger partial charge in [0.2, 0.25) is 0 Å². The molecule has 0 unspecified atom stereocenters. The summed E-state index contributed by atoms with van der Waals surface area (Å²) in [6.07, 6.45) is 0. The third-order valence-corrected chi connectivity index (χ3v) is 9.20. The zero-order chi connectivity index (χ0) is 28.3. The van der Waals surface area contributed by atoms with Crippen LogP contribution in [0.2, 0.25) is 0 Å². The van der Waals surface area contributed by atoms with E-state index in [0.717, 1.165) is 53.3 Å². The highest BCUT2D eigenvalue weighted by Gasteiger charge is 2.38. The quantitative estimate of drug-likeness (QED) is 0.109. The summed E-state index contributed by atoms with van der Waals surface area (Å²) in [5, 5.41) is 8.46. The molecule has 6 aromatic rings. The van der Waals surface area contributed by atoms with Crippen molar-refractivity contribution in [2.45, 2.75) is 52.4 Å². The second-order valence-electron chi connectivity index (χ2n) is 13.1. The van der Waals surface area contributed by atoms with Gasteiger partial charge in [-0.3, -0.25) is 9.59 Å². The summed E-state index contributed by atoms with van der Waals surface area (Å²) in [5.74, 6) is -0.532. The van der Waals surface area contributed by atoms with Gasteiger partial charge in [0.05, 0.1) is 5.69 Å². The summed E-state index contributed by atoms with van der Waals surface area (Å²) in [5.41, 5.74) is 3.50. The molecule has 4 heteroatoms. The monoisotopic (exact) mass is 587 g/mol. The van der Waals surface area contributed by atoms with Gasteiger partial charge in [-0.25, -0.2) is 4.90 Å². The van der Waals surface area contributed by atoms with Crippen LogP contribution in [0.4, 0.5) is 5.69 Å². The average Bonchev–Trinajstić information content (AvgIpc) is 2.90. The van der Waals surface area contributed by atoms with E-state index in [0.29, 0.717) is 16.8 Å². The number of amides is 2. The molecule has 6 aromatic carbocycles. The van der Waals surface area contributed by atoms with Crippen molar-refractivity contribution in [2.24, 2.45) is 0 Å². The molecule has 0 spiro atoms. The second-order valence-corrected chi connectivity index (χ2v) is 13.9. The van der Waals surface area contributed by atoms with Gasteiger partial charge < -0.3 is 0 Å². The van der Waals surface area contributed by atoms with Crippen LogP contribution in [0.15, 0.2) is 77.3 Å². The van der Waals surface area contributed by atoms with E-state index in [4.69, 9.17) is 0 Å².